The summed E-state index contributed by atoms with van der Waals surface area (Å²) in [4.78, 5) is 12.5. The first-order chi connectivity index (χ1) is 11.6. The third-order valence-electron chi connectivity index (χ3n) is 3.41. The van der Waals surface area contributed by atoms with Crippen molar-refractivity contribution in [3.8, 4) is 23.0 Å². The zero-order valence-corrected chi connectivity index (χ0v) is 14.8. The minimum absolute atomic E-state index is 0.190. The molecule has 1 aliphatic rings. The fourth-order valence-electron chi connectivity index (χ4n) is 2.31. The molecular weight excluding hydrogens is 378 g/mol. The molecule has 1 aliphatic heterocycles. The minimum Gasteiger partial charge on any atom is -0.493 e. The summed E-state index contributed by atoms with van der Waals surface area (Å²) in [7, 11) is 1.53. The van der Waals surface area contributed by atoms with Crippen LogP contribution in [0.3, 0.4) is 0 Å². The molecule has 0 spiro atoms. The van der Waals surface area contributed by atoms with Crippen LogP contribution in [0.5, 0.6) is 23.0 Å². The van der Waals surface area contributed by atoms with Crippen LogP contribution in [0.2, 0.25) is 0 Å². The zero-order valence-electron chi connectivity index (χ0n) is 13.2. The fourth-order valence-corrected chi connectivity index (χ4v) is 2.87. The van der Waals surface area contributed by atoms with E-state index in [-0.39, 0.29) is 12.7 Å². The number of anilines is 1. The van der Waals surface area contributed by atoms with Gasteiger partial charge in [-0.2, -0.15) is 0 Å². The largest absolute Gasteiger partial charge is 0.493 e. The lowest BCUT2D eigenvalue weighted by Crippen LogP contribution is -2.12. The molecule has 24 heavy (non-hydrogen) atoms. The highest BCUT2D eigenvalue weighted by Crippen LogP contribution is 2.37. The normalized spacial score (nSPS) is 12.0. The van der Waals surface area contributed by atoms with Gasteiger partial charge in [0.1, 0.15) is 0 Å². The maximum Gasteiger partial charge on any atom is 0.255 e. The Hall–Kier alpha value is -2.41. The number of ether oxygens (including phenoxy) is 4. The van der Waals surface area contributed by atoms with E-state index in [0.29, 0.717) is 45.3 Å². The molecule has 0 atom stereocenters. The molecule has 0 saturated heterocycles. The van der Waals surface area contributed by atoms with Gasteiger partial charge in [0.15, 0.2) is 23.0 Å². The molecular formula is C17H16BrNO5. The minimum atomic E-state index is -0.268. The molecule has 1 amide bonds. The number of carbonyl (C=O) groups is 1. The van der Waals surface area contributed by atoms with E-state index in [0.717, 1.165) is 0 Å². The number of nitrogens with one attached hydrogen (secondary N) is 1. The van der Waals surface area contributed by atoms with Gasteiger partial charge in [0, 0.05) is 17.3 Å². The van der Waals surface area contributed by atoms with E-state index in [1.54, 1.807) is 30.3 Å². The Balaban J connectivity index is 1.83. The van der Waals surface area contributed by atoms with Crippen LogP contribution in [-0.4, -0.2) is 26.4 Å². The van der Waals surface area contributed by atoms with Crippen LogP contribution in [0.25, 0.3) is 0 Å². The standard InChI is InChI=1S/C17H16BrNO5/c1-3-22-16-12(18)6-10(7-15(16)21-2)17(20)19-11-4-5-13-14(8-11)24-9-23-13/h4-8H,3,9H2,1-2H3,(H,19,20). The van der Waals surface area contributed by atoms with Gasteiger partial charge in [-0.25, -0.2) is 0 Å². The van der Waals surface area contributed by atoms with Crippen molar-refractivity contribution in [1.29, 1.82) is 0 Å². The van der Waals surface area contributed by atoms with Gasteiger partial charge in [-0.05, 0) is 47.1 Å². The second-order valence-electron chi connectivity index (χ2n) is 4.94. The Bertz CT molecular complexity index is 778. The molecule has 7 heteroatoms. The van der Waals surface area contributed by atoms with E-state index in [4.69, 9.17) is 18.9 Å². The maximum absolute atomic E-state index is 12.5. The highest BCUT2D eigenvalue weighted by atomic mass is 79.9. The first-order valence-electron chi connectivity index (χ1n) is 7.33. The summed E-state index contributed by atoms with van der Waals surface area (Å²) in [6.45, 7) is 2.57. The summed E-state index contributed by atoms with van der Waals surface area (Å²) in [6, 6.07) is 8.56. The molecule has 6 nitrogen and oxygen atoms in total. The fraction of sp³-hybridized carbons (Fsp3) is 0.235. The van der Waals surface area contributed by atoms with Gasteiger partial charge in [-0.3, -0.25) is 4.79 Å². The smallest absolute Gasteiger partial charge is 0.255 e. The highest BCUT2D eigenvalue weighted by Gasteiger charge is 2.17. The third kappa shape index (κ3) is 3.26. The molecule has 0 bridgehead atoms. The predicted molar refractivity (Wildman–Crippen MR) is 92.4 cm³/mol. The molecule has 0 unspecified atom stereocenters. The van der Waals surface area contributed by atoms with Gasteiger partial charge in [0.2, 0.25) is 6.79 Å². The second-order valence-corrected chi connectivity index (χ2v) is 5.80. The van der Waals surface area contributed by atoms with Crippen molar-refractivity contribution in [2.24, 2.45) is 0 Å². The van der Waals surface area contributed by atoms with Gasteiger partial charge in [0.05, 0.1) is 18.2 Å². The Labute approximate surface area is 147 Å². The SMILES string of the molecule is CCOc1c(Br)cc(C(=O)Nc2ccc3c(c2)OCO3)cc1OC. The lowest BCUT2D eigenvalue weighted by molar-refractivity contribution is 0.102. The monoisotopic (exact) mass is 393 g/mol. The molecule has 0 saturated carbocycles. The molecule has 3 rings (SSSR count). The summed E-state index contributed by atoms with van der Waals surface area (Å²) < 4.78 is 22.0. The lowest BCUT2D eigenvalue weighted by Gasteiger charge is -2.13. The molecule has 126 valence electrons. The van der Waals surface area contributed by atoms with Crippen LogP contribution in [0.15, 0.2) is 34.8 Å². The average molecular weight is 394 g/mol. The van der Waals surface area contributed by atoms with Gasteiger partial charge in [-0.1, -0.05) is 0 Å². The lowest BCUT2D eigenvalue weighted by atomic mass is 10.1. The first-order valence-corrected chi connectivity index (χ1v) is 8.13. The number of halogens is 1. The van der Waals surface area contributed by atoms with Gasteiger partial charge < -0.3 is 24.3 Å². The van der Waals surface area contributed by atoms with E-state index in [1.165, 1.54) is 7.11 Å². The van der Waals surface area contributed by atoms with Crippen LogP contribution in [0, 0.1) is 0 Å². The quantitative estimate of drug-likeness (QED) is 0.835. The predicted octanol–water partition coefficient (Wildman–Crippen LogP) is 3.84. The number of hydrogen-bond acceptors (Lipinski definition) is 5. The Morgan fingerprint density at radius 3 is 2.79 bits per heavy atom. The number of methoxy groups -OCH3 is 1. The summed E-state index contributed by atoms with van der Waals surface area (Å²) in [5.74, 6) is 2.06. The summed E-state index contributed by atoms with van der Waals surface area (Å²) in [6.07, 6.45) is 0. The summed E-state index contributed by atoms with van der Waals surface area (Å²) in [5.41, 5.74) is 1.06. The maximum atomic E-state index is 12.5. The van der Waals surface area contributed by atoms with Gasteiger partial charge >= 0.3 is 0 Å². The molecule has 0 aliphatic carbocycles. The van der Waals surface area contributed by atoms with Crippen LogP contribution in [0.1, 0.15) is 17.3 Å². The molecule has 0 aromatic heterocycles. The van der Waals surface area contributed by atoms with Crippen LogP contribution >= 0.6 is 15.9 Å². The third-order valence-corrected chi connectivity index (χ3v) is 4.00. The molecule has 0 fully saturated rings. The Morgan fingerprint density at radius 1 is 1.25 bits per heavy atom. The van der Waals surface area contributed by atoms with Crippen molar-refractivity contribution in [3.05, 3.63) is 40.4 Å². The topological polar surface area (TPSA) is 66.0 Å². The van der Waals surface area contributed by atoms with Crippen molar-refractivity contribution in [3.63, 3.8) is 0 Å². The summed E-state index contributed by atoms with van der Waals surface area (Å²) >= 11 is 3.41. The Kier molecular flexibility index (Phi) is 4.80. The van der Waals surface area contributed by atoms with E-state index in [2.05, 4.69) is 21.2 Å². The van der Waals surface area contributed by atoms with E-state index in [1.807, 2.05) is 6.92 Å². The van der Waals surface area contributed by atoms with Crippen LogP contribution < -0.4 is 24.3 Å². The van der Waals surface area contributed by atoms with E-state index >= 15 is 0 Å². The Morgan fingerprint density at radius 2 is 2.04 bits per heavy atom. The van der Waals surface area contributed by atoms with Crippen molar-refractivity contribution in [1.82, 2.24) is 0 Å². The van der Waals surface area contributed by atoms with Gasteiger partial charge in [-0.15, -0.1) is 0 Å². The van der Waals surface area contributed by atoms with E-state index < -0.39 is 0 Å². The summed E-state index contributed by atoms with van der Waals surface area (Å²) in [5, 5.41) is 2.83. The number of benzene rings is 2. The van der Waals surface area contributed by atoms with Gasteiger partial charge in [0.25, 0.3) is 5.91 Å². The van der Waals surface area contributed by atoms with Crippen LogP contribution in [0.4, 0.5) is 5.69 Å². The number of hydrogen-bond donors (Lipinski definition) is 1. The van der Waals surface area contributed by atoms with Crippen molar-refractivity contribution < 1.29 is 23.7 Å². The number of fused-ring (bicyclic) bond motifs is 1. The first kappa shape index (κ1) is 16.4. The number of carbonyl (C=O) groups excluding carboxylic acids is 1. The molecule has 0 radical (unpaired) electrons. The van der Waals surface area contributed by atoms with Crippen molar-refractivity contribution in [2.75, 3.05) is 25.8 Å². The second kappa shape index (κ2) is 7.00. The molecule has 1 N–H and O–H groups in total. The van der Waals surface area contributed by atoms with Crippen LogP contribution in [-0.2, 0) is 0 Å². The number of rotatable bonds is 5. The highest BCUT2D eigenvalue weighted by molar-refractivity contribution is 9.10. The van der Waals surface area contributed by atoms with Crippen molar-refractivity contribution in [2.45, 2.75) is 6.92 Å². The molecule has 2 aromatic carbocycles. The zero-order chi connectivity index (χ0) is 17.1. The average Bonchev–Trinajstić information content (AvgIpc) is 3.04. The molecule has 2 aromatic rings. The number of amides is 1. The molecule has 1 heterocycles. The van der Waals surface area contributed by atoms with Crippen molar-refractivity contribution >= 4 is 27.5 Å². The van der Waals surface area contributed by atoms with E-state index in [9.17, 15) is 4.79 Å².